The van der Waals surface area contributed by atoms with Crippen LogP contribution >= 0.6 is 0 Å². The third-order valence-corrected chi connectivity index (χ3v) is 2.27. The minimum Gasteiger partial charge on any atom is -0.546 e. The van der Waals surface area contributed by atoms with E-state index in [1.54, 1.807) is 0 Å². The Morgan fingerprint density at radius 1 is 1.47 bits per heavy atom. The summed E-state index contributed by atoms with van der Waals surface area (Å²) in [6.07, 6.45) is 4.44. The Bertz CT molecular complexity index is 351. The van der Waals surface area contributed by atoms with Crippen molar-refractivity contribution in [3.05, 3.63) is 18.7 Å². The van der Waals surface area contributed by atoms with Gasteiger partial charge in [0, 0.05) is 0 Å². The lowest BCUT2D eigenvalue weighted by Crippen LogP contribution is -2.41. The van der Waals surface area contributed by atoms with Crippen molar-refractivity contribution in [2.45, 2.75) is 25.9 Å². The van der Waals surface area contributed by atoms with Gasteiger partial charge in [-0.3, -0.25) is 0 Å². The van der Waals surface area contributed by atoms with Crippen LogP contribution in [0.15, 0.2) is 18.7 Å². The Morgan fingerprint density at radius 3 is 2.53 bits per heavy atom. The van der Waals surface area contributed by atoms with E-state index in [1.165, 1.54) is 41.7 Å². The van der Waals surface area contributed by atoms with Gasteiger partial charge in [-0.1, -0.05) is 0 Å². The zero-order valence-electron chi connectivity index (χ0n) is 8.45. The van der Waals surface area contributed by atoms with Gasteiger partial charge in [-0.15, -0.1) is 0 Å². The Morgan fingerprint density at radius 2 is 2.07 bits per heavy atom. The fraction of sp³-hybridized carbons (Fsp3) is 0.444. The largest absolute Gasteiger partial charge is 0.546 e. The normalized spacial score (nSPS) is 14.5. The zero-order chi connectivity index (χ0) is 11.6. The molecule has 0 aliphatic carbocycles. The first-order valence-corrected chi connectivity index (χ1v) is 4.45. The molecule has 6 heteroatoms. The number of carbonyl (C=O) groups is 2. The van der Waals surface area contributed by atoms with Crippen LogP contribution in [0.2, 0.25) is 0 Å². The molecule has 0 aliphatic heterocycles. The summed E-state index contributed by atoms with van der Waals surface area (Å²) < 4.78 is 2.80. The summed E-state index contributed by atoms with van der Waals surface area (Å²) in [7, 11) is 0. The van der Waals surface area contributed by atoms with E-state index in [4.69, 9.17) is 5.11 Å². The molecule has 0 saturated carbocycles. The highest BCUT2D eigenvalue weighted by Crippen LogP contribution is 2.03. The SMILES string of the molecule is CC(C(=O)[O-])n1cc[n+](C(C)C(=O)O)c1. The van der Waals surface area contributed by atoms with Crippen LogP contribution in [0, 0.1) is 0 Å². The van der Waals surface area contributed by atoms with Gasteiger partial charge >= 0.3 is 5.97 Å². The van der Waals surface area contributed by atoms with E-state index in [2.05, 4.69) is 0 Å². The number of aromatic nitrogens is 2. The third kappa shape index (κ3) is 2.34. The van der Waals surface area contributed by atoms with Gasteiger partial charge in [-0.25, -0.2) is 13.9 Å². The molecule has 0 saturated heterocycles. The molecule has 1 heterocycles. The highest BCUT2D eigenvalue weighted by Gasteiger charge is 2.20. The van der Waals surface area contributed by atoms with Crippen LogP contribution in [0.4, 0.5) is 0 Å². The number of rotatable bonds is 4. The van der Waals surface area contributed by atoms with Gasteiger partial charge < -0.3 is 15.0 Å². The number of aliphatic carboxylic acids is 2. The Hall–Kier alpha value is -1.85. The van der Waals surface area contributed by atoms with Crippen molar-refractivity contribution in [1.82, 2.24) is 4.57 Å². The first-order valence-electron chi connectivity index (χ1n) is 4.45. The van der Waals surface area contributed by atoms with Gasteiger partial charge in [0.05, 0.1) is 5.97 Å². The monoisotopic (exact) mass is 212 g/mol. The number of carbonyl (C=O) groups excluding carboxylic acids is 1. The molecule has 82 valence electrons. The summed E-state index contributed by atoms with van der Waals surface area (Å²) in [6, 6.07) is -1.53. The highest BCUT2D eigenvalue weighted by molar-refractivity contribution is 5.69. The predicted octanol–water partition coefficient (Wildman–Crippen LogP) is -1.27. The van der Waals surface area contributed by atoms with Crippen LogP contribution in [-0.4, -0.2) is 21.6 Å². The second-order valence-electron chi connectivity index (χ2n) is 3.32. The van der Waals surface area contributed by atoms with E-state index in [0.717, 1.165) is 0 Å². The molecule has 0 amide bonds. The van der Waals surface area contributed by atoms with Crippen molar-refractivity contribution in [3.63, 3.8) is 0 Å². The van der Waals surface area contributed by atoms with Crippen molar-refractivity contribution in [2.24, 2.45) is 0 Å². The van der Waals surface area contributed by atoms with Gasteiger partial charge in [0.25, 0.3) is 0 Å². The molecule has 0 fully saturated rings. The van der Waals surface area contributed by atoms with Gasteiger partial charge in [-0.05, 0) is 13.8 Å². The summed E-state index contributed by atoms with van der Waals surface area (Å²) in [5, 5.41) is 19.3. The van der Waals surface area contributed by atoms with Gasteiger partial charge in [-0.2, -0.15) is 0 Å². The Kier molecular flexibility index (Phi) is 3.08. The number of imidazole rings is 1. The van der Waals surface area contributed by atoms with Crippen LogP contribution in [-0.2, 0) is 9.59 Å². The molecule has 1 aromatic rings. The molecule has 0 radical (unpaired) electrons. The molecular formula is C9H12N2O4. The molecule has 2 unspecified atom stereocenters. The average molecular weight is 212 g/mol. The maximum Gasteiger partial charge on any atom is 0.349 e. The highest BCUT2D eigenvalue weighted by atomic mass is 16.4. The van der Waals surface area contributed by atoms with Gasteiger partial charge in [0.2, 0.25) is 6.33 Å². The number of hydrogen-bond donors (Lipinski definition) is 1. The molecule has 6 nitrogen and oxygen atoms in total. The van der Waals surface area contributed by atoms with Gasteiger partial charge in [0.15, 0.2) is 6.04 Å². The fourth-order valence-electron chi connectivity index (χ4n) is 1.09. The molecule has 0 spiro atoms. The minimum absolute atomic E-state index is 0.722. The second-order valence-corrected chi connectivity index (χ2v) is 3.32. The van der Waals surface area contributed by atoms with Crippen molar-refractivity contribution in [3.8, 4) is 0 Å². The van der Waals surface area contributed by atoms with Crippen LogP contribution in [0.3, 0.4) is 0 Å². The van der Waals surface area contributed by atoms with Crippen LogP contribution in [0.5, 0.6) is 0 Å². The summed E-state index contributed by atoms with van der Waals surface area (Å²) in [4.78, 5) is 21.2. The molecular weight excluding hydrogens is 200 g/mol. The van der Waals surface area contributed by atoms with Crippen LogP contribution < -0.4 is 9.67 Å². The van der Waals surface area contributed by atoms with E-state index < -0.39 is 24.0 Å². The summed E-state index contributed by atoms with van der Waals surface area (Å²) >= 11 is 0. The van der Waals surface area contributed by atoms with Crippen molar-refractivity contribution in [2.75, 3.05) is 0 Å². The Labute approximate surface area is 86.4 Å². The lowest BCUT2D eigenvalue weighted by atomic mass is 10.3. The Balaban J connectivity index is 2.89. The van der Waals surface area contributed by atoms with Crippen LogP contribution in [0.1, 0.15) is 25.9 Å². The topological polar surface area (TPSA) is 86.2 Å². The van der Waals surface area contributed by atoms with Crippen molar-refractivity contribution < 1.29 is 24.4 Å². The number of carboxylic acids is 2. The van der Waals surface area contributed by atoms with Crippen molar-refractivity contribution in [1.29, 1.82) is 0 Å². The molecule has 2 atom stereocenters. The number of hydrogen-bond acceptors (Lipinski definition) is 3. The van der Waals surface area contributed by atoms with E-state index >= 15 is 0 Å². The van der Waals surface area contributed by atoms with Gasteiger partial charge in [0.1, 0.15) is 18.4 Å². The number of carboxylic acid groups (broad SMARTS) is 2. The molecule has 1 aromatic heterocycles. The summed E-state index contributed by atoms with van der Waals surface area (Å²) in [6.45, 7) is 2.97. The maximum atomic E-state index is 10.7. The number of nitrogens with zero attached hydrogens (tertiary/aromatic N) is 2. The predicted molar refractivity (Wildman–Crippen MR) is 46.7 cm³/mol. The van der Waals surface area contributed by atoms with E-state index in [9.17, 15) is 14.7 Å². The molecule has 0 aromatic carbocycles. The minimum atomic E-state index is -1.21. The average Bonchev–Trinajstić information content (AvgIpc) is 2.63. The summed E-state index contributed by atoms with van der Waals surface area (Å²) in [5.41, 5.74) is 0. The molecule has 0 aliphatic rings. The molecule has 0 bridgehead atoms. The zero-order valence-corrected chi connectivity index (χ0v) is 8.45. The lowest BCUT2D eigenvalue weighted by Gasteiger charge is -2.07. The second kappa shape index (κ2) is 4.12. The fourth-order valence-corrected chi connectivity index (χ4v) is 1.09. The molecule has 1 rings (SSSR count). The first-order chi connectivity index (χ1) is 6.93. The van der Waals surface area contributed by atoms with E-state index in [-0.39, 0.29) is 0 Å². The van der Waals surface area contributed by atoms with E-state index in [1.807, 2.05) is 0 Å². The molecule has 15 heavy (non-hydrogen) atoms. The maximum absolute atomic E-state index is 10.7. The quantitative estimate of drug-likeness (QED) is 0.630. The van der Waals surface area contributed by atoms with E-state index in [0.29, 0.717) is 0 Å². The first kappa shape index (κ1) is 11.2. The van der Waals surface area contributed by atoms with Crippen LogP contribution in [0.25, 0.3) is 0 Å². The molecule has 1 N–H and O–H groups in total. The van der Waals surface area contributed by atoms with Crippen molar-refractivity contribution >= 4 is 11.9 Å². The third-order valence-electron chi connectivity index (χ3n) is 2.27. The summed E-state index contributed by atoms with van der Waals surface area (Å²) in [5.74, 6) is -2.18. The lowest BCUT2D eigenvalue weighted by molar-refractivity contribution is -0.707. The smallest absolute Gasteiger partial charge is 0.349 e. The standard InChI is InChI=1S/C9H12N2O4/c1-6(8(12)13)10-3-4-11(5-10)7(2)9(14)15/h3-7H,1-2H3,(H-,12,13,14,15).